The van der Waals surface area contributed by atoms with Crippen molar-refractivity contribution in [2.45, 2.75) is 18.4 Å². The predicted molar refractivity (Wildman–Crippen MR) is 97.2 cm³/mol. The topological polar surface area (TPSA) is 89.6 Å². The smallest absolute Gasteiger partial charge is 0.322 e. The molecule has 0 bridgehead atoms. The number of nitrogens with two attached hydrogens (primary N) is 1. The van der Waals surface area contributed by atoms with E-state index in [2.05, 4.69) is 5.92 Å². The number of hydrogen-bond donors (Lipinski definition) is 2. The molecule has 0 radical (unpaired) electrons. The Labute approximate surface area is 151 Å². The summed E-state index contributed by atoms with van der Waals surface area (Å²) in [6.07, 6.45) is 5.16. The van der Waals surface area contributed by atoms with Crippen LogP contribution in [0, 0.1) is 18.3 Å². The van der Waals surface area contributed by atoms with Crippen molar-refractivity contribution in [1.29, 1.82) is 0 Å². The highest BCUT2D eigenvalue weighted by molar-refractivity contribution is 5.95. The van der Waals surface area contributed by atoms with E-state index in [-0.39, 0.29) is 18.9 Å². The zero-order chi connectivity index (χ0) is 18.7. The lowest BCUT2D eigenvalue weighted by molar-refractivity contribution is -0.159. The van der Waals surface area contributed by atoms with Crippen LogP contribution in [0.2, 0.25) is 0 Å². The van der Waals surface area contributed by atoms with Crippen molar-refractivity contribution in [1.82, 2.24) is 0 Å². The first-order valence-corrected chi connectivity index (χ1v) is 8.31. The Morgan fingerprint density at radius 1 is 1.12 bits per heavy atom. The Morgan fingerprint density at radius 2 is 1.65 bits per heavy atom. The molecule has 2 atom stereocenters. The second-order valence-electron chi connectivity index (χ2n) is 6.25. The number of carbonyl (C=O) groups excluding carboxylic acids is 1. The molecule has 0 fully saturated rings. The van der Waals surface area contributed by atoms with Gasteiger partial charge in [0.1, 0.15) is 6.61 Å². The minimum absolute atomic E-state index is 0.0127. The molecular formula is C21H19NO4. The quantitative estimate of drug-likeness (QED) is 0.475. The van der Waals surface area contributed by atoms with Crippen LogP contribution < -0.4 is 5.73 Å². The average Bonchev–Trinajstić information content (AvgIpc) is 2.94. The van der Waals surface area contributed by atoms with E-state index in [9.17, 15) is 14.7 Å². The van der Waals surface area contributed by atoms with Gasteiger partial charge >= 0.3 is 11.9 Å². The van der Waals surface area contributed by atoms with Crippen LogP contribution in [0.1, 0.15) is 23.5 Å². The third-order valence-corrected chi connectivity index (χ3v) is 4.66. The van der Waals surface area contributed by atoms with Crippen molar-refractivity contribution in [2.75, 3.05) is 6.61 Å². The van der Waals surface area contributed by atoms with Crippen LogP contribution in [-0.2, 0) is 14.3 Å². The Bertz CT molecular complexity index is 838. The predicted octanol–water partition coefficient (Wildman–Crippen LogP) is 2.39. The third kappa shape index (κ3) is 3.19. The molecule has 2 aromatic rings. The molecule has 26 heavy (non-hydrogen) atoms. The van der Waals surface area contributed by atoms with Gasteiger partial charge < -0.3 is 15.6 Å². The molecule has 0 amide bonds. The second-order valence-corrected chi connectivity index (χ2v) is 6.25. The maximum Gasteiger partial charge on any atom is 0.322 e. The van der Waals surface area contributed by atoms with Gasteiger partial charge in [0.05, 0.1) is 0 Å². The number of rotatable bonds is 6. The molecule has 132 valence electrons. The minimum atomic E-state index is -1.47. The fourth-order valence-corrected chi connectivity index (χ4v) is 3.41. The van der Waals surface area contributed by atoms with Gasteiger partial charge in [0, 0.05) is 18.4 Å². The Morgan fingerprint density at radius 3 is 2.15 bits per heavy atom. The summed E-state index contributed by atoms with van der Waals surface area (Å²) in [5, 5.41) is 9.30. The zero-order valence-corrected chi connectivity index (χ0v) is 14.1. The number of carboxylic acids is 1. The number of carboxylic acid groups (broad SMARTS) is 1. The Kier molecular flexibility index (Phi) is 5.06. The van der Waals surface area contributed by atoms with Crippen molar-refractivity contribution in [2.24, 2.45) is 11.7 Å². The lowest BCUT2D eigenvalue weighted by atomic mass is 9.97. The van der Waals surface area contributed by atoms with E-state index in [1.807, 2.05) is 48.5 Å². The number of aliphatic carboxylic acids is 1. The molecule has 0 saturated heterocycles. The summed E-state index contributed by atoms with van der Waals surface area (Å²) in [7, 11) is 0. The molecule has 5 nitrogen and oxygen atoms in total. The molecule has 0 spiro atoms. The minimum Gasteiger partial charge on any atom is -0.481 e. The molecule has 1 unspecified atom stereocenters. The van der Waals surface area contributed by atoms with E-state index in [1.54, 1.807) is 0 Å². The van der Waals surface area contributed by atoms with Crippen LogP contribution in [0.25, 0.3) is 11.1 Å². The molecular weight excluding hydrogens is 330 g/mol. The highest BCUT2D eigenvalue weighted by Gasteiger charge is 2.35. The van der Waals surface area contributed by atoms with Gasteiger partial charge in [0.15, 0.2) is 5.92 Å². The molecule has 5 heteroatoms. The van der Waals surface area contributed by atoms with E-state index in [0.717, 1.165) is 22.3 Å². The first-order chi connectivity index (χ1) is 12.5. The van der Waals surface area contributed by atoms with Gasteiger partial charge in [-0.25, -0.2) is 0 Å². The summed E-state index contributed by atoms with van der Waals surface area (Å²) in [5.41, 5.74) is 10.1. The first kappa shape index (κ1) is 17.7. The lowest BCUT2D eigenvalue weighted by Crippen LogP contribution is -2.42. The van der Waals surface area contributed by atoms with Gasteiger partial charge in [-0.05, 0) is 22.3 Å². The highest BCUT2D eigenvalue weighted by atomic mass is 16.5. The van der Waals surface area contributed by atoms with Gasteiger partial charge in [-0.2, -0.15) is 0 Å². The molecule has 0 heterocycles. The SMILES string of the molecule is C#CCC(N)[C@@H](C(=O)O)C(=O)OCC1c2ccccc2-c2ccccc21. The fourth-order valence-electron chi connectivity index (χ4n) is 3.41. The summed E-state index contributed by atoms with van der Waals surface area (Å²) in [4.78, 5) is 23.7. The Balaban J connectivity index is 1.80. The monoisotopic (exact) mass is 349 g/mol. The van der Waals surface area contributed by atoms with E-state index >= 15 is 0 Å². The average molecular weight is 349 g/mol. The molecule has 0 saturated carbocycles. The van der Waals surface area contributed by atoms with Gasteiger partial charge in [-0.3, -0.25) is 9.59 Å². The van der Waals surface area contributed by atoms with Crippen molar-refractivity contribution in [3.63, 3.8) is 0 Å². The van der Waals surface area contributed by atoms with Crippen LogP contribution in [0.4, 0.5) is 0 Å². The fraction of sp³-hybridized carbons (Fsp3) is 0.238. The lowest BCUT2D eigenvalue weighted by Gasteiger charge is -2.19. The van der Waals surface area contributed by atoms with Crippen molar-refractivity contribution in [3.8, 4) is 23.5 Å². The number of carbonyl (C=O) groups is 2. The van der Waals surface area contributed by atoms with E-state index in [4.69, 9.17) is 16.9 Å². The summed E-state index contributed by atoms with van der Waals surface area (Å²) in [5.74, 6) is -1.51. The van der Waals surface area contributed by atoms with E-state index in [0.29, 0.717) is 0 Å². The second kappa shape index (κ2) is 7.42. The van der Waals surface area contributed by atoms with Gasteiger partial charge in [0.25, 0.3) is 0 Å². The summed E-state index contributed by atoms with van der Waals surface area (Å²) in [6.45, 7) is 0.0550. The normalized spacial score (nSPS) is 14.6. The van der Waals surface area contributed by atoms with E-state index < -0.39 is 23.9 Å². The van der Waals surface area contributed by atoms with Crippen molar-refractivity contribution < 1.29 is 19.4 Å². The van der Waals surface area contributed by atoms with Crippen LogP contribution in [0.15, 0.2) is 48.5 Å². The van der Waals surface area contributed by atoms with E-state index in [1.165, 1.54) is 0 Å². The molecule has 1 aliphatic carbocycles. The van der Waals surface area contributed by atoms with Crippen LogP contribution in [0.5, 0.6) is 0 Å². The molecule has 2 aromatic carbocycles. The first-order valence-electron chi connectivity index (χ1n) is 8.31. The van der Waals surface area contributed by atoms with Gasteiger partial charge in [0.2, 0.25) is 0 Å². The molecule has 0 aliphatic heterocycles. The molecule has 3 N–H and O–H groups in total. The summed E-state index contributed by atoms with van der Waals surface area (Å²) >= 11 is 0. The van der Waals surface area contributed by atoms with Gasteiger partial charge in [-0.15, -0.1) is 12.3 Å². The number of esters is 1. The molecule has 0 aromatic heterocycles. The number of fused-ring (bicyclic) bond motifs is 3. The number of terminal acetylenes is 1. The van der Waals surface area contributed by atoms with Crippen LogP contribution in [-0.4, -0.2) is 29.7 Å². The van der Waals surface area contributed by atoms with Crippen molar-refractivity contribution >= 4 is 11.9 Å². The Hall–Kier alpha value is -3.10. The number of ether oxygens (including phenoxy) is 1. The zero-order valence-electron chi connectivity index (χ0n) is 14.1. The molecule has 1 aliphatic rings. The third-order valence-electron chi connectivity index (χ3n) is 4.66. The summed E-state index contributed by atoms with van der Waals surface area (Å²) < 4.78 is 5.36. The maximum absolute atomic E-state index is 12.3. The van der Waals surface area contributed by atoms with Gasteiger partial charge in [-0.1, -0.05) is 48.5 Å². The van der Waals surface area contributed by atoms with Crippen LogP contribution in [0.3, 0.4) is 0 Å². The number of hydrogen-bond acceptors (Lipinski definition) is 4. The number of benzene rings is 2. The highest BCUT2D eigenvalue weighted by Crippen LogP contribution is 2.44. The maximum atomic E-state index is 12.3. The largest absolute Gasteiger partial charge is 0.481 e. The van der Waals surface area contributed by atoms with Crippen LogP contribution >= 0.6 is 0 Å². The summed E-state index contributed by atoms with van der Waals surface area (Å²) in [6, 6.07) is 14.8. The molecule has 3 rings (SSSR count). The standard InChI is InChI=1S/C21H19NO4/c1-2-7-18(22)19(20(23)24)21(25)26-12-17-15-10-5-3-8-13(15)14-9-4-6-11-16(14)17/h1,3-6,8-11,17-19H,7,12,22H2,(H,23,24)/t18?,19-/m0/s1. The van der Waals surface area contributed by atoms with Crippen molar-refractivity contribution in [3.05, 3.63) is 59.7 Å².